The molecule has 2 aromatic carbocycles. The van der Waals surface area contributed by atoms with Crippen molar-refractivity contribution in [1.82, 2.24) is 0 Å². The zero-order valence-electron chi connectivity index (χ0n) is 10.9. The van der Waals surface area contributed by atoms with Crippen LogP contribution in [0.3, 0.4) is 0 Å². The van der Waals surface area contributed by atoms with E-state index in [1.54, 1.807) is 0 Å². The number of carbonyl (C=O) groups is 1. The van der Waals surface area contributed by atoms with Gasteiger partial charge in [-0.25, -0.2) is 4.39 Å². The molecule has 0 aliphatic rings. The van der Waals surface area contributed by atoms with E-state index >= 15 is 0 Å². The molecule has 0 heterocycles. The summed E-state index contributed by atoms with van der Waals surface area (Å²) in [7, 11) is 1.47. The third kappa shape index (κ3) is 2.81. The minimum Gasteiger partial charge on any atom is -0.496 e. The summed E-state index contributed by atoms with van der Waals surface area (Å²) in [5.74, 6) is -0.530. The minimum atomic E-state index is -0.440. The lowest BCUT2D eigenvalue weighted by atomic mass is 9.92. The van der Waals surface area contributed by atoms with Gasteiger partial charge >= 0.3 is 0 Å². The third-order valence-corrected chi connectivity index (χ3v) is 3.12. The van der Waals surface area contributed by atoms with E-state index in [4.69, 9.17) is 4.74 Å². The molecule has 98 valence electrons. The van der Waals surface area contributed by atoms with E-state index in [9.17, 15) is 9.18 Å². The predicted octanol–water partition coefficient (Wildman–Crippen LogP) is 3.82. The summed E-state index contributed by atoms with van der Waals surface area (Å²) in [5.41, 5.74) is 1.18. The zero-order chi connectivity index (χ0) is 13.8. The predicted molar refractivity (Wildman–Crippen MR) is 72.1 cm³/mol. The van der Waals surface area contributed by atoms with Crippen molar-refractivity contribution >= 4 is 5.78 Å². The van der Waals surface area contributed by atoms with Crippen molar-refractivity contribution in [2.45, 2.75) is 12.8 Å². The van der Waals surface area contributed by atoms with Gasteiger partial charge in [-0.2, -0.15) is 0 Å². The van der Waals surface area contributed by atoms with E-state index in [0.717, 1.165) is 5.56 Å². The van der Waals surface area contributed by atoms with Crippen LogP contribution in [0.4, 0.5) is 4.39 Å². The van der Waals surface area contributed by atoms with Crippen molar-refractivity contribution in [3.63, 3.8) is 0 Å². The Morgan fingerprint density at radius 1 is 1.16 bits per heavy atom. The van der Waals surface area contributed by atoms with Crippen LogP contribution in [-0.4, -0.2) is 12.9 Å². The van der Waals surface area contributed by atoms with E-state index in [1.807, 2.05) is 37.3 Å². The second kappa shape index (κ2) is 5.65. The number of ether oxygens (including phenoxy) is 1. The largest absolute Gasteiger partial charge is 0.496 e. The first kappa shape index (κ1) is 13.3. The Labute approximate surface area is 111 Å². The molecule has 19 heavy (non-hydrogen) atoms. The van der Waals surface area contributed by atoms with Crippen molar-refractivity contribution < 1.29 is 13.9 Å². The second-order valence-electron chi connectivity index (χ2n) is 4.34. The smallest absolute Gasteiger partial charge is 0.173 e. The Balaban J connectivity index is 2.37. The highest BCUT2D eigenvalue weighted by Gasteiger charge is 2.21. The minimum absolute atomic E-state index is 0.150. The molecule has 2 aromatic rings. The summed E-state index contributed by atoms with van der Waals surface area (Å²) < 4.78 is 18.4. The van der Waals surface area contributed by atoms with Crippen molar-refractivity contribution in [2.75, 3.05) is 7.11 Å². The lowest BCUT2D eigenvalue weighted by molar-refractivity contribution is 0.0962. The van der Waals surface area contributed by atoms with Crippen LogP contribution in [0.1, 0.15) is 28.8 Å². The monoisotopic (exact) mass is 258 g/mol. The number of rotatable bonds is 4. The molecule has 0 N–H and O–H groups in total. The Bertz CT molecular complexity index is 579. The summed E-state index contributed by atoms with van der Waals surface area (Å²) in [4.78, 5) is 12.4. The maximum atomic E-state index is 13.3. The molecular weight excluding hydrogens is 243 g/mol. The summed E-state index contributed by atoms with van der Waals surface area (Å²) in [5, 5.41) is 0. The second-order valence-corrected chi connectivity index (χ2v) is 4.34. The Hall–Kier alpha value is -2.16. The number of methoxy groups -OCH3 is 1. The maximum absolute atomic E-state index is 13.3. The van der Waals surface area contributed by atoms with Gasteiger partial charge in [0.2, 0.25) is 0 Å². The number of ketones is 1. The van der Waals surface area contributed by atoms with E-state index in [-0.39, 0.29) is 17.3 Å². The van der Waals surface area contributed by atoms with Crippen LogP contribution in [0, 0.1) is 5.82 Å². The molecule has 1 unspecified atom stereocenters. The van der Waals surface area contributed by atoms with Gasteiger partial charge in [0.05, 0.1) is 12.7 Å². The molecule has 0 spiro atoms. The van der Waals surface area contributed by atoms with Gasteiger partial charge in [-0.1, -0.05) is 37.3 Å². The van der Waals surface area contributed by atoms with Gasteiger partial charge < -0.3 is 4.74 Å². The topological polar surface area (TPSA) is 26.3 Å². The zero-order valence-corrected chi connectivity index (χ0v) is 10.9. The highest BCUT2D eigenvalue weighted by molar-refractivity contribution is 6.02. The quantitative estimate of drug-likeness (QED) is 0.779. The van der Waals surface area contributed by atoms with E-state index < -0.39 is 5.82 Å². The molecule has 0 aliphatic carbocycles. The van der Waals surface area contributed by atoms with Gasteiger partial charge in [-0.15, -0.1) is 0 Å². The Morgan fingerprint density at radius 2 is 1.84 bits per heavy atom. The number of Topliss-reactive ketones (excluding diaryl/α,β-unsaturated/α-hetero) is 1. The molecule has 2 rings (SSSR count). The summed E-state index contributed by atoms with van der Waals surface area (Å²) in [6.45, 7) is 1.81. The third-order valence-electron chi connectivity index (χ3n) is 3.12. The first-order chi connectivity index (χ1) is 9.13. The average Bonchev–Trinajstić information content (AvgIpc) is 2.46. The lowest BCUT2D eigenvalue weighted by Crippen LogP contribution is -2.11. The molecule has 0 amide bonds. The van der Waals surface area contributed by atoms with Gasteiger partial charge in [0.25, 0.3) is 0 Å². The Kier molecular flexibility index (Phi) is 3.95. The van der Waals surface area contributed by atoms with E-state index in [0.29, 0.717) is 5.75 Å². The SMILES string of the molecule is COc1ccc(F)cc1C(=O)C(C)c1ccccc1. The van der Waals surface area contributed by atoms with Crippen molar-refractivity contribution in [2.24, 2.45) is 0 Å². The highest BCUT2D eigenvalue weighted by Crippen LogP contribution is 2.26. The van der Waals surface area contributed by atoms with Gasteiger partial charge in [-0.05, 0) is 23.8 Å². The highest BCUT2D eigenvalue weighted by atomic mass is 19.1. The van der Waals surface area contributed by atoms with Gasteiger partial charge in [0, 0.05) is 5.92 Å². The van der Waals surface area contributed by atoms with E-state index in [1.165, 1.54) is 25.3 Å². The van der Waals surface area contributed by atoms with Crippen LogP contribution < -0.4 is 4.74 Å². The summed E-state index contributed by atoms with van der Waals surface area (Å²) in [6, 6.07) is 13.4. The first-order valence-corrected chi connectivity index (χ1v) is 6.06. The standard InChI is InChI=1S/C16H15FO2/c1-11(12-6-4-3-5-7-12)16(18)14-10-13(17)8-9-15(14)19-2/h3-11H,1-2H3. The molecule has 0 aliphatic heterocycles. The molecule has 0 bridgehead atoms. The van der Waals surface area contributed by atoms with Crippen LogP contribution in [0.5, 0.6) is 5.75 Å². The van der Waals surface area contributed by atoms with Crippen LogP contribution in [0.25, 0.3) is 0 Å². The van der Waals surface area contributed by atoms with Gasteiger partial charge in [-0.3, -0.25) is 4.79 Å². The molecule has 0 saturated carbocycles. The molecule has 2 nitrogen and oxygen atoms in total. The summed E-state index contributed by atoms with van der Waals surface area (Å²) in [6.07, 6.45) is 0. The molecule has 1 atom stereocenters. The molecule has 0 aromatic heterocycles. The van der Waals surface area contributed by atoms with Crippen molar-refractivity contribution in [3.05, 3.63) is 65.5 Å². The Morgan fingerprint density at radius 3 is 2.47 bits per heavy atom. The number of hydrogen-bond acceptors (Lipinski definition) is 2. The number of hydrogen-bond donors (Lipinski definition) is 0. The maximum Gasteiger partial charge on any atom is 0.173 e. The fourth-order valence-electron chi connectivity index (χ4n) is 2.00. The fourth-order valence-corrected chi connectivity index (χ4v) is 2.00. The number of halogens is 1. The lowest BCUT2D eigenvalue weighted by Gasteiger charge is -2.13. The van der Waals surface area contributed by atoms with Crippen LogP contribution in [0.2, 0.25) is 0 Å². The fraction of sp³-hybridized carbons (Fsp3) is 0.188. The van der Waals surface area contributed by atoms with Crippen molar-refractivity contribution in [3.8, 4) is 5.75 Å². The molecule has 0 saturated heterocycles. The normalized spacial score (nSPS) is 11.9. The molecule has 0 radical (unpaired) electrons. The average molecular weight is 258 g/mol. The van der Waals surface area contributed by atoms with Crippen molar-refractivity contribution in [1.29, 1.82) is 0 Å². The van der Waals surface area contributed by atoms with Gasteiger partial charge in [0.15, 0.2) is 5.78 Å². The number of benzene rings is 2. The van der Waals surface area contributed by atoms with Crippen LogP contribution >= 0.6 is 0 Å². The van der Waals surface area contributed by atoms with Crippen LogP contribution in [0.15, 0.2) is 48.5 Å². The molecule has 3 heteroatoms. The number of carbonyl (C=O) groups excluding carboxylic acids is 1. The van der Waals surface area contributed by atoms with E-state index in [2.05, 4.69) is 0 Å². The van der Waals surface area contributed by atoms with Crippen LogP contribution in [-0.2, 0) is 0 Å². The van der Waals surface area contributed by atoms with Gasteiger partial charge in [0.1, 0.15) is 11.6 Å². The molecular formula is C16H15FO2. The summed E-state index contributed by atoms with van der Waals surface area (Å²) >= 11 is 0. The first-order valence-electron chi connectivity index (χ1n) is 6.06. The molecule has 0 fully saturated rings.